The minimum Gasteiger partial charge on any atom is -0.426 e. The van der Waals surface area contributed by atoms with Gasteiger partial charge in [-0.15, -0.1) is 0 Å². The van der Waals surface area contributed by atoms with Crippen LogP contribution in [-0.2, 0) is 4.79 Å². The molecule has 1 fully saturated rings. The van der Waals surface area contributed by atoms with Gasteiger partial charge in [-0.05, 0) is 43.0 Å². The number of benzene rings is 1. The molecule has 0 unspecified atom stereocenters. The van der Waals surface area contributed by atoms with Crippen LogP contribution < -0.4 is 4.74 Å². The summed E-state index contributed by atoms with van der Waals surface area (Å²) in [6.45, 7) is 1.93. The summed E-state index contributed by atoms with van der Waals surface area (Å²) in [6.07, 6.45) is 2.30. The van der Waals surface area contributed by atoms with Crippen LogP contribution in [0.15, 0.2) is 24.3 Å². The van der Waals surface area contributed by atoms with Gasteiger partial charge in [0.15, 0.2) is 0 Å². The van der Waals surface area contributed by atoms with Gasteiger partial charge in [-0.2, -0.15) is 0 Å². The van der Waals surface area contributed by atoms with E-state index >= 15 is 0 Å². The van der Waals surface area contributed by atoms with Gasteiger partial charge < -0.3 is 4.74 Å². The molecule has 1 aliphatic carbocycles. The van der Waals surface area contributed by atoms with Crippen molar-refractivity contribution in [3.63, 3.8) is 0 Å². The topological polar surface area (TPSA) is 26.3 Å². The Hall–Kier alpha value is -1.02. The molecule has 0 N–H and O–H groups in total. The third-order valence-corrected chi connectivity index (χ3v) is 2.98. The standard InChI is InChI=1S/C12H13ClO2/c1-8(9-2-3-9)12(14)15-11-6-4-10(13)5-7-11/h4-9H,2-3H2,1H3/t8-/m0/s1. The average molecular weight is 225 g/mol. The first-order valence-electron chi connectivity index (χ1n) is 5.14. The number of esters is 1. The zero-order valence-corrected chi connectivity index (χ0v) is 9.33. The number of rotatable bonds is 3. The summed E-state index contributed by atoms with van der Waals surface area (Å²) < 4.78 is 5.23. The van der Waals surface area contributed by atoms with E-state index in [1.165, 1.54) is 0 Å². The van der Waals surface area contributed by atoms with Crippen molar-refractivity contribution in [1.29, 1.82) is 0 Å². The van der Waals surface area contributed by atoms with Gasteiger partial charge in [0, 0.05) is 5.02 Å². The minimum absolute atomic E-state index is 0.0145. The summed E-state index contributed by atoms with van der Waals surface area (Å²) in [5.41, 5.74) is 0. The SMILES string of the molecule is C[C@H](C(=O)Oc1ccc(Cl)cc1)C1CC1. The van der Waals surface area contributed by atoms with E-state index < -0.39 is 0 Å². The van der Waals surface area contributed by atoms with E-state index in [0.29, 0.717) is 16.7 Å². The van der Waals surface area contributed by atoms with Gasteiger partial charge in [0.2, 0.25) is 0 Å². The van der Waals surface area contributed by atoms with Gasteiger partial charge in [0.05, 0.1) is 5.92 Å². The Labute approximate surface area is 94.2 Å². The van der Waals surface area contributed by atoms with E-state index in [9.17, 15) is 4.79 Å². The molecular formula is C12H13ClO2. The van der Waals surface area contributed by atoms with Gasteiger partial charge >= 0.3 is 5.97 Å². The quantitative estimate of drug-likeness (QED) is 0.582. The van der Waals surface area contributed by atoms with Crippen molar-refractivity contribution in [1.82, 2.24) is 0 Å². The largest absolute Gasteiger partial charge is 0.426 e. The lowest BCUT2D eigenvalue weighted by atomic mass is 10.1. The molecule has 0 bridgehead atoms. The molecule has 1 aromatic carbocycles. The predicted molar refractivity (Wildman–Crippen MR) is 59.0 cm³/mol. The molecule has 1 saturated carbocycles. The summed E-state index contributed by atoms with van der Waals surface area (Å²) in [5.74, 6) is 0.974. The monoisotopic (exact) mass is 224 g/mol. The van der Waals surface area contributed by atoms with Crippen molar-refractivity contribution >= 4 is 17.6 Å². The Bertz CT molecular complexity index is 354. The number of ether oxygens (including phenoxy) is 1. The Morgan fingerprint density at radius 3 is 2.53 bits per heavy atom. The lowest BCUT2D eigenvalue weighted by molar-refractivity contribution is -0.139. The summed E-state index contributed by atoms with van der Waals surface area (Å²) in [4.78, 5) is 11.6. The van der Waals surface area contributed by atoms with Crippen LogP contribution in [0, 0.1) is 11.8 Å². The van der Waals surface area contributed by atoms with Gasteiger partial charge in [0.25, 0.3) is 0 Å². The Morgan fingerprint density at radius 2 is 2.00 bits per heavy atom. The van der Waals surface area contributed by atoms with Crippen LogP contribution in [0.5, 0.6) is 5.75 Å². The van der Waals surface area contributed by atoms with Crippen LogP contribution >= 0.6 is 11.6 Å². The first-order valence-corrected chi connectivity index (χ1v) is 5.52. The van der Waals surface area contributed by atoms with Crippen molar-refractivity contribution in [2.24, 2.45) is 11.8 Å². The van der Waals surface area contributed by atoms with Crippen molar-refractivity contribution < 1.29 is 9.53 Å². The van der Waals surface area contributed by atoms with E-state index in [-0.39, 0.29) is 11.9 Å². The number of carbonyl (C=O) groups is 1. The molecule has 1 atom stereocenters. The average Bonchev–Trinajstić information content (AvgIpc) is 3.04. The van der Waals surface area contributed by atoms with E-state index in [1.807, 2.05) is 6.92 Å². The van der Waals surface area contributed by atoms with Gasteiger partial charge in [-0.1, -0.05) is 18.5 Å². The molecule has 0 heterocycles. The second-order valence-corrected chi connectivity index (χ2v) is 4.44. The fourth-order valence-electron chi connectivity index (χ4n) is 1.50. The van der Waals surface area contributed by atoms with Crippen LogP contribution in [0.2, 0.25) is 5.02 Å². The number of halogens is 1. The molecule has 1 aliphatic rings. The van der Waals surface area contributed by atoms with Crippen LogP contribution in [0.1, 0.15) is 19.8 Å². The minimum atomic E-state index is -0.139. The molecule has 0 aliphatic heterocycles. The Kier molecular flexibility index (Phi) is 2.96. The van der Waals surface area contributed by atoms with E-state index in [1.54, 1.807) is 24.3 Å². The number of hydrogen-bond acceptors (Lipinski definition) is 2. The summed E-state index contributed by atoms with van der Waals surface area (Å²) in [7, 11) is 0. The highest BCUT2D eigenvalue weighted by atomic mass is 35.5. The van der Waals surface area contributed by atoms with Crippen molar-refractivity contribution in [3.05, 3.63) is 29.3 Å². The molecule has 2 nitrogen and oxygen atoms in total. The van der Waals surface area contributed by atoms with Gasteiger partial charge in [-0.25, -0.2) is 0 Å². The fraction of sp³-hybridized carbons (Fsp3) is 0.417. The molecule has 80 valence electrons. The van der Waals surface area contributed by atoms with E-state index in [0.717, 1.165) is 12.8 Å². The maximum absolute atomic E-state index is 11.6. The molecule has 0 spiro atoms. The molecule has 0 saturated heterocycles. The summed E-state index contributed by atoms with van der Waals surface area (Å²) in [5, 5.41) is 0.644. The number of hydrogen-bond donors (Lipinski definition) is 0. The summed E-state index contributed by atoms with van der Waals surface area (Å²) >= 11 is 5.73. The second kappa shape index (κ2) is 4.23. The lowest BCUT2D eigenvalue weighted by Gasteiger charge is -2.09. The zero-order chi connectivity index (χ0) is 10.8. The molecule has 0 radical (unpaired) electrons. The first kappa shape index (κ1) is 10.5. The zero-order valence-electron chi connectivity index (χ0n) is 8.57. The Morgan fingerprint density at radius 1 is 1.40 bits per heavy atom. The smallest absolute Gasteiger partial charge is 0.314 e. The fourth-order valence-corrected chi connectivity index (χ4v) is 1.63. The third-order valence-electron chi connectivity index (χ3n) is 2.73. The maximum Gasteiger partial charge on any atom is 0.314 e. The van der Waals surface area contributed by atoms with Crippen molar-refractivity contribution in [2.45, 2.75) is 19.8 Å². The van der Waals surface area contributed by atoms with Gasteiger partial charge in [-0.3, -0.25) is 4.79 Å². The molecular weight excluding hydrogens is 212 g/mol. The van der Waals surface area contributed by atoms with E-state index in [4.69, 9.17) is 16.3 Å². The lowest BCUT2D eigenvalue weighted by Crippen LogP contribution is -2.19. The molecule has 3 heteroatoms. The maximum atomic E-state index is 11.6. The van der Waals surface area contributed by atoms with E-state index in [2.05, 4.69) is 0 Å². The number of carbonyl (C=O) groups excluding carboxylic acids is 1. The molecule has 0 aromatic heterocycles. The highest BCUT2D eigenvalue weighted by Crippen LogP contribution is 2.37. The van der Waals surface area contributed by atoms with Gasteiger partial charge in [0.1, 0.15) is 5.75 Å². The molecule has 0 amide bonds. The predicted octanol–water partition coefficient (Wildman–Crippen LogP) is 3.29. The van der Waals surface area contributed by atoms with Crippen LogP contribution in [-0.4, -0.2) is 5.97 Å². The normalized spacial score (nSPS) is 17.2. The van der Waals surface area contributed by atoms with Crippen LogP contribution in [0.25, 0.3) is 0 Å². The molecule has 1 aromatic rings. The summed E-state index contributed by atoms with van der Waals surface area (Å²) in [6, 6.07) is 6.84. The highest BCUT2D eigenvalue weighted by molar-refractivity contribution is 6.30. The van der Waals surface area contributed by atoms with Crippen LogP contribution in [0.3, 0.4) is 0 Å². The highest BCUT2D eigenvalue weighted by Gasteiger charge is 2.33. The Balaban J connectivity index is 1.95. The van der Waals surface area contributed by atoms with Crippen molar-refractivity contribution in [3.8, 4) is 5.75 Å². The second-order valence-electron chi connectivity index (χ2n) is 4.00. The first-order chi connectivity index (χ1) is 7.16. The van der Waals surface area contributed by atoms with Crippen LogP contribution in [0.4, 0.5) is 0 Å². The third kappa shape index (κ3) is 2.72. The van der Waals surface area contributed by atoms with Crippen molar-refractivity contribution in [2.75, 3.05) is 0 Å². The molecule has 15 heavy (non-hydrogen) atoms. The molecule has 2 rings (SSSR count).